The van der Waals surface area contributed by atoms with E-state index in [9.17, 15) is 4.79 Å². The van der Waals surface area contributed by atoms with Crippen molar-refractivity contribution in [1.29, 1.82) is 0 Å². The van der Waals surface area contributed by atoms with E-state index >= 15 is 0 Å². The Labute approximate surface area is 110 Å². The average Bonchev–Trinajstić information content (AvgIpc) is 2.80. The van der Waals surface area contributed by atoms with Gasteiger partial charge in [0, 0.05) is 18.9 Å². The Morgan fingerprint density at radius 2 is 2.16 bits per heavy atom. The average molecular weight is 261 g/mol. The standard InChI is InChI=1S/C13H15N3O3/c1-8-6-12(18-5-3-4-17)11(14)7-10(8)13-16-15-9(2)19-13/h4,6-7H,3,5,14H2,1-2H3. The Hall–Kier alpha value is -2.37. The molecule has 0 amide bonds. The van der Waals surface area contributed by atoms with Gasteiger partial charge in [0.15, 0.2) is 0 Å². The van der Waals surface area contributed by atoms with Crippen LogP contribution in [0, 0.1) is 13.8 Å². The predicted octanol–water partition coefficient (Wildman–Crippen LogP) is 1.90. The summed E-state index contributed by atoms with van der Waals surface area (Å²) in [6.45, 7) is 3.94. The number of hydrogen-bond acceptors (Lipinski definition) is 6. The van der Waals surface area contributed by atoms with Crippen molar-refractivity contribution >= 4 is 12.0 Å². The minimum absolute atomic E-state index is 0.312. The van der Waals surface area contributed by atoms with Crippen LogP contribution in [0.1, 0.15) is 17.9 Å². The van der Waals surface area contributed by atoms with Gasteiger partial charge in [-0.25, -0.2) is 0 Å². The van der Waals surface area contributed by atoms with Gasteiger partial charge < -0.3 is 19.7 Å². The predicted molar refractivity (Wildman–Crippen MR) is 69.8 cm³/mol. The zero-order valence-electron chi connectivity index (χ0n) is 10.8. The van der Waals surface area contributed by atoms with Gasteiger partial charge in [-0.15, -0.1) is 10.2 Å². The minimum atomic E-state index is 0.312. The molecule has 0 saturated heterocycles. The lowest BCUT2D eigenvalue weighted by Gasteiger charge is -2.10. The first-order valence-corrected chi connectivity index (χ1v) is 5.89. The highest BCUT2D eigenvalue weighted by Crippen LogP contribution is 2.31. The number of aromatic nitrogens is 2. The molecule has 2 aromatic rings. The van der Waals surface area contributed by atoms with Crippen LogP contribution in [0.4, 0.5) is 5.69 Å². The van der Waals surface area contributed by atoms with Crippen molar-refractivity contribution in [2.24, 2.45) is 0 Å². The monoisotopic (exact) mass is 261 g/mol. The fourth-order valence-corrected chi connectivity index (χ4v) is 1.68. The number of carbonyl (C=O) groups is 1. The first-order chi connectivity index (χ1) is 9.11. The minimum Gasteiger partial charge on any atom is -0.491 e. The van der Waals surface area contributed by atoms with Crippen molar-refractivity contribution in [3.63, 3.8) is 0 Å². The highest BCUT2D eigenvalue weighted by atomic mass is 16.5. The van der Waals surface area contributed by atoms with Crippen molar-refractivity contribution in [2.75, 3.05) is 12.3 Å². The molecule has 0 aliphatic heterocycles. The van der Waals surface area contributed by atoms with E-state index in [-0.39, 0.29) is 0 Å². The largest absolute Gasteiger partial charge is 0.491 e. The van der Waals surface area contributed by atoms with Crippen LogP contribution in [-0.4, -0.2) is 23.1 Å². The molecule has 0 atom stereocenters. The summed E-state index contributed by atoms with van der Waals surface area (Å²) in [5.74, 6) is 1.49. The van der Waals surface area contributed by atoms with Crippen LogP contribution in [0.25, 0.3) is 11.5 Å². The molecule has 6 heteroatoms. The summed E-state index contributed by atoms with van der Waals surface area (Å²) in [5.41, 5.74) is 8.08. The number of ether oxygens (including phenoxy) is 1. The lowest BCUT2D eigenvalue weighted by Crippen LogP contribution is -2.02. The smallest absolute Gasteiger partial charge is 0.248 e. The van der Waals surface area contributed by atoms with Crippen LogP contribution in [0.3, 0.4) is 0 Å². The van der Waals surface area contributed by atoms with Crippen LogP contribution in [0.15, 0.2) is 16.5 Å². The molecule has 0 bridgehead atoms. The van der Waals surface area contributed by atoms with Crippen molar-refractivity contribution in [2.45, 2.75) is 20.3 Å². The van der Waals surface area contributed by atoms with Gasteiger partial charge in [-0.05, 0) is 24.6 Å². The number of hydrogen-bond donors (Lipinski definition) is 1. The van der Waals surface area contributed by atoms with Crippen LogP contribution < -0.4 is 10.5 Å². The quantitative estimate of drug-likeness (QED) is 0.502. The van der Waals surface area contributed by atoms with Crippen molar-refractivity contribution in [1.82, 2.24) is 10.2 Å². The molecule has 100 valence electrons. The molecule has 0 aliphatic carbocycles. The number of aryl methyl sites for hydroxylation is 2. The lowest BCUT2D eigenvalue weighted by molar-refractivity contribution is -0.108. The first-order valence-electron chi connectivity index (χ1n) is 5.89. The molecule has 0 spiro atoms. The third kappa shape index (κ3) is 2.90. The molecule has 0 aliphatic rings. The Bertz CT molecular complexity index is 593. The number of nitrogen functional groups attached to an aromatic ring is 1. The number of nitrogens with two attached hydrogens (primary N) is 1. The number of benzene rings is 1. The van der Waals surface area contributed by atoms with Crippen LogP contribution in [-0.2, 0) is 4.79 Å². The summed E-state index contributed by atoms with van der Waals surface area (Å²) in [5, 5.41) is 7.75. The molecular formula is C13H15N3O3. The number of carbonyl (C=O) groups excluding carboxylic acids is 1. The fraction of sp³-hybridized carbons (Fsp3) is 0.308. The fourth-order valence-electron chi connectivity index (χ4n) is 1.68. The van der Waals surface area contributed by atoms with Gasteiger partial charge in [-0.2, -0.15) is 0 Å². The SMILES string of the molecule is Cc1nnc(-c2cc(N)c(OCCC=O)cc2C)o1. The Kier molecular flexibility index (Phi) is 3.79. The van der Waals surface area contributed by atoms with E-state index in [1.807, 2.05) is 6.92 Å². The van der Waals surface area contributed by atoms with E-state index in [0.29, 0.717) is 36.2 Å². The Balaban J connectivity index is 2.28. The molecule has 19 heavy (non-hydrogen) atoms. The second-order valence-electron chi connectivity index (χ2n) is 4.13. The lowest BCUT2D eigenvalue weighted by atomic mass is 10.1. The van der Waals surface area contributed by atoms with Crippen molar-refractivity contribution in [3.8, 4) is 17.2 Å². The second kappa shape index (κ2) is 5.51. The molecule has 0 fully saturated rings. The molecule has 0 unspecified atom stereocenters. The number of nitrogens with zero attached hydrogens (tertiary/aromatic N) is 2. The van der Waals surface area contributed by atoms with Gasteiger partial charge in [0.25, 0.3) is 0 Å². The normalized spacial score (nSPS) is 10.4. The third-order valence-electron chi connectivity index (χ3n) is 2.61. The molecule has 2 N–H and O–H groups in total. The van der Waals surface area contributed by atoms with E-state index in [1.54, 1.807) is 19.1 Å². The maximum absolute atomic E-state index is 10.2. The Morgan fingerprint density at radius 3 is 2.79 bits per heavy atom. The maximum Gasteiger partial charge on any atom is 0.248 e. The highest BCUT2D eigenvalue weighted by Gasteiger charge is 2.12. The summed E-state index contributed by atoms with van der Waals surface area (Å²) >= 11 is 0. The van der Waals surface area contributed by atoms with Crippen molar-refractivity contribution in [3.05, 3.63) is 23.6 Å². The molecule has 0 radical (unpaired) electrons. The van der Waals surface area contributed by atoms with Crippen molar-refractivity contribution < 1.29 is 13.9 Å². The maximum atomic E-state index is 10.2. The summed E-state index contributed by atoms with van der Waals surface area (Å²) < 4.78 is 10.8. The number of anilines is 1. The van der Waals surface area contributed by atoms with Gasteiger partial charge >= 0.3 is 0 Å². The third-order valence-corrected chi connectivity index (χ3v) is 2.61. The molecule has 1 aromatic heterocycles. The number of aldehydes is 1. The van der Waals surface area contributed by atoms with Gasteiger partial charge in [-0.1, -0.05) is 0 Å². The summed E-state index contributed by atoms with van der Waals surface area (Å²) in [6.07, 6.45) is 1.14. The summed E-state index contributed by atoms with van der Waals surface area (Å²) in [6, 6.07) is 3.54. The topological polar surface area (TPSA) is 91.2 Å². The molecule has 1 heterocycles. The number of rotatable bonds is 5. The van der Waals surface area contributed by atoms with Gasteiger partial charge in [0.2, 0.25) is 11.8 Å². The van der Waals surface area contributed by atoms with E-state index in [4.69, 9.17) is 14.9 Å². The van der Waals surface area contributed by atoms with Crippen LogP contribution in [0.5, 0.6) is 5.75 Å². The van der Waals surface area contributed by atoms with E-state index in [2.05, 4.69) is 10.2 Å². The Morgan fingerprint density at radius 1 is 1.37 bits per heavy atom. The summed E-state index contributed by atoms with van der Waals surface area (Å²) in [4.78, 5) is 10.2. The molecule has 1 aromatic carbocycles. The molecule has 6 nitrogen and oxygen atoms in total. The highest BCUT2D eigenvalue weighted by molar-refractivity contribution is 5.69. The van der Waals surface area contributed by atoms with E-state index in [0.717, 1.165) is 17.4 Å². The second-order valence-corrected chi connectivity index (χ2v) is 4.13. The van der Waals surface area contributed by atoms with Gasteiger partial charge in [0.05, 0.1) is 12.3 Å². The van der Waals surface area contributed by atoms with Gasteiger partial charge in [-0.3, -0.25) is 0 Å². The van der Waals surface area contributed by atoms with Crippen LogP contribution >= 0.6 is 0 Å². The molecular weight excluding hydrogens is 246 g/mol. The summed E-state index contributed by atoms with van der Waals surface area (Å²) in [7, 11) is 0. The zero-order valence-corrected chi connectivity index (χ0v) is 10.8. The van der Waals surface area contributed by atoms with E-state index < -0.39 is 0 Å². The molecule has 2 rings (SSSR count). The molecule has 0 saturated carbocycles. The van der Waals surface area contributed by atoms with Gasteiger partial charge in [0.1, 0.15) is 12.0 Å². The van der Waals surface area contributed by atoms with Crippen LogP contribution in [0.2, 0.25) is 0 Å². The van der Waals surface area contributed by atoms with E-state index in [1.165, 1.54) is 0 Å². The zero-order chi connectivity index (χ0) is 13.8. The first kappa shape index (κ1) is 13.1.